The normalized spacial score (nSPS) is 10.2. The summed E-state index contributed by atoms with van der Waals surface area (Å²) in [6, 6.07) is 7.67. The van der Waals surface area contributed by atoms with Gasteiger partial charge < -0.3 is 5.11 Å². The van der Waals surface area contributed by atoms with E-state index in [1.807, 2.05) is 19.1 Å². The van der Waals surface area contributed by atoms with Crippen LogP contribution in [0.1, 0.15) is 16.7 Å². The van der Waals surface area contributed by atoms with Gasteiger partial charge >= 0.3 is 0 Å². The molecule has 0 heterocycles. The lowest BCUT2D eigenvalue weighted by Gasteiger charge is -1.97. The first-order chi connectivity index (χ1) is 6.26. The Morgan fingerprint density at radius 1 is 1.46 bits per heavy atom. The molecule has 0 aliphatic carbocycles. The lowest BCUT2D eigenvalue weighted by Crippen LogP contribution is -1.81. The maximum absolute atomic E-state index is 8.69. The van der Waals surface area contributed by atoms with Crippen LogP contribution in [0.3, 0.4) is 0 Å². The van der Waals surface area contributed by atoms with Gasteiger partial charge in [-0.1, -0.05) is 18.2 Å². The van der Waals surface area contributed by atoms with Gasteiger partial charge in [-0.25, -0.2) is 0 Å². The summed E-state index contributed by atoms with van der Waals surface area (Å²) >= 11 is 0. The third kappa shape index (κ3) is 2.73. The summed E-state index contributed by atoms with van der Waals surface area (Å²) in [5, 5.41) is 17.3. The van der Waals surface area contributed by atoms with Crippen molar-refractivity contribution in [1.29, 1.82) is 5.26 Å². The molecule has 0 saturated heterocycles. The van der Waals surface area contributed by atoms with E-state index in [1.165, 1.54) is 0 Å². The fourth-order valence-corrected chi connectivity index (χ4v) is 1.16. The molecule has 0 fully saturated rings. The molecule has 0 amide bonds. The van der Waals surface area contributed by atoms with Crippen molar-refractivity contribution in [2.24, 2.45) is 0 Å². The zero-order valence-electron chi connectivity index (χ0n) is 7.49. The highest BCUT2D eigenvalue weighted by Gasteiger charge is 1.94. The quantitative estimate of drug-likeness (QED) is 0.742. The molecule has 0 bridgehead atoms. The van der Waals surface area contributed by atoms with Crippen LogP contribution in [0.5, 0.6) is 0 Å². The molecule has 0 atom stereocenters. The molecule has 2 nitrogen and oxygen atoms in total. The Hall–Kier alpha value is -1.59. The van der Waals surface area contributed by atoms with E-state index in [1.54, 1.807) is 18.2 Å². The molecular formula is C11H11NO. The van der Waals surface area contributed by atoms with Crippen molar-refractivity contribution in [2.75, 3.05) is 6.61 Å². The second kappa shape index (κ2) is 4.44. The zero-order valence-corrected chi connectivity index (χ0v) is 7.49. The molecule has 0 radical (unpaired) electrons. The van der Waals surface area contributed by atoms with E-state index < -0.39 is 0 Å². The fourth-order valence-electron chi connectivity index (χ4n) is 1.16. The first-order valence-corrected chi connectivity index (χ1v) is 4.05. The van der Waals surface area contributed by atoms with Crippen LogP contribution in [-0.4, -0.2) is 11.7 Å². The molecule has 0 aliphatic heterocycles. The van der Waals surface area contributed by atoms with Gasteiger partial charge in [0.15, 0.2) is 0 Å². The minimum atomic E-state index is 0.0236. The van der Waals surface area contributed by atoms with E-state index >= 15 is 0 Å². The molecule has 66 valence electrons. The molecule has 0 spiro atoms. The van der Waals surface area contributed by atoms with Gasteiger partial charge in [-0.2, -0.15) is 5.26 Å². The van der Waals surface area contributed by atoms with Crippen LogP contribution in [-0.2, 0) is 0 Å². The Morgan fingerprint density at radius 3 is 2.85 bits per heavy atom. The first kappa shape index (κ1) is 9.50. The highest BCUT2D eigenvalue weighted by molar-refractivity contribution is 5.53. The molecule has 1 aromatic carbocycles. The monoisotopic (exact) mass is 173 g/mol. The number of benzene rings is 1. The van der Waals surface area contributed by atoms with Gasteiger partial charge in [0.2, 0.25) is 0 Å². The van der Waals surface area contributed by atoms with Crippen molar-refractivity contribution >= 4 is 6.08 Å². The van der Waals surface area contributed by atoms with Gasteiger partial charge in [0.25, 0.3) is 0 Å². The van der Waals surface area contributed by atoms with E-state index in [0.29, 0.717) is 5.56 Å². The smallest absolute Gasteiger partial charge is 0.0991 e. The predicted molar refractivity (Wildman–Crippen MR) is 52.0 cm³/mol. The average Bonchev–Trinajstić information content (AvgIpc) is 2.14. The SMILES string of the molecule is Cc1cc(C#N)cc(/C=C/CO)c1. The minimum Gasteiger partial charge on any atom is -0.392 e. The fraction of sp³-hybridized carbons (Fsp3) is 0.182. The lowest BCUT2D eigenvalue weighted by molar-refractivity contribution is 0.343. The van der Waals surface area contributed by atoms with Crippen molar-refractivity contribution in [3.05, 3.63) is 41.0 Å². The molecule has 13 heavy (non-hydrogen) atoms. The lowest BCUT2D eigenvalue weighted by atomic mass is 10.1. The van der Waals surface area contributed by atoms with Crippen molar-refractivity contribution in [1.82, 2.24) is 0 Å². The Bertz CT molecular complexity index is 361. The minimum absolute atomic E-state index is 0.0236. The molecule has 1 rings (SSSR count). The van der Waals surface area contributed by atoms with E-state index in [2.05, 4.69) is 6.07 Å². The number of hydrogen-bond donors (Lipinski definition) is 1. The summed E-state index contributed by atoms with van der Waals surface area (Å²) in [7, 11) is 0. The van der Waals surface area contributed by atoms with Crippen molar-refractivity contribution < 1.29 is 5.11 Å². The van der Waals surface area contributed by atoms with E-state index in [-0.39, 0.29) is 6.61 Å². The van der Waals surface area contributed by atoms with E-state index in [9.17, 15) is 0 Å². The van der Waals surface area contributed by atoms with Gasteiger partial charge in [-0.15, -0.1) is 0 Å². The second-order valence-electron chi connectivity index (χ2n) is 2.83. The molecule has 0 aromatic heterocycles. The molecule has 0 unspecified atom stereocenters. The average molecular weight is 173 g/mol. The molecule has 0 aliphatic rings. The summed E-state index contributed by atoms with van der Waals surface area (Å²) in [5.74, 6) is 0. The van der Waals surface area contributed by atoms with Crippen LogP contribution < -0.4 is 0 Å². The Kier molecular flexibility index (Phi) is 3.24. The molecule has 2 heteroatoms. The van der Waals surface area contributed by atoms with Crippen molar-refractivity contribution in [3.63, 3.8) is 0 Å². The Labute approximate surface area is 77.8 Å². The van der Waals surface area contributed by atoms with E-state index in [0.717, 1.165) is 11.1 Å². The van der Waals surface area contributed by atoms with Gasteiger partial charge in [0.1, 0.15) is 0 Å². The maximum atomic E-state index is 8.69. The Balaban J connectivity index is 3.03. The summed E-state index contributed by atoms with van der Waals surface area (Å²) in [6.45, 7) is 1.97. The number of aryl methyl sites for hydroxylation is 1. The standard InChI is InChI=1S/C11H11NO/c1-9-5-10(3-2-4-13)7-11(6-9)8-12/h2-3,5-7,13H,4H2,1H3/b3-2+. The predicted octanol–water partition coefficient (Wildman–Crippen LogP) is 1.87. The van der Waals surface area contributed by atoms with Crippen LogP contribution in [0.2, 0.25) is 0 Å². The van der Waals surface area contributed by atoms with E-state index in [4.69, 9.17) is 10.4 Å². The number of rotatable bonds is 2. The number of nitriles is 1. The number of aliphatic hydroxyl groups excluding tert-OH is 1. The molecule has 1 N–H and O–H groups in total. The number of nitrogens with zero attached hydrogens (tertiary/aromatic N) is 1. The van der Waals surface area contributed by atoms with Crippen LogP contribution in [0.15, 0.2) is 24.3 Å². The summed E-state index contributed by atoms with van der Waals surface area (Å²) < 4.78 is 0. The van der Waals surface area contributed by atoms with Crippen molar-refractivity contribution in [2.45, 2.75) is 6.92 Å². The van der Waals surface area contributed by atoms with Crippen LogP contribution >= 0.6 is 0 Å². The third-order valence-corrected chi connectivity index (χ3v) is 1.64. The number of aliphatic hydroxyl groups is 1. The summed E-state index contributed by atoms with van der Waals surface area (Å²) in [6.07, 6.45) is 3.45. The maximum Gasteiger partial charge on any atom is 0.0991 e. The molecular weight excluding hydrogens is 162 g/mol. The van der Waals surface area contributed by atoms with Gasteiger partial charge in [-0.05, 0) is 30.2 Å². The van der Waals surface area contributed by atoms with Crippen molar-refractivity contribution in [3.8, 4) is 6.07 Å². The largest absolute Gasteiger partial charge is 0.392 e. The topological polar surface area (TPSA) is 44.0 Å². The molecule has 0 saturated carbocycles. The number of hydrogen-bond acceptors (Lipinski definition) is 2. The summed E-state index contributed by atoms with van der Waals surface area (Å²) in [4.78, 5) is 0. The van der Waals surface area contributed by atoms with Crippen LogP contribution in [0.25, 0.3) is 6.08 Å². The highest BCUT2D eigenvalue weighted by Crippen LogP contribution is 2.10. The third-order valence-electron chi connectivity index (χ3n) is 1.64. The van der Waals surface area contributed by atoms with Crippen LogP contribution in [0, 0.1) is 18.3 Å². The first-order valence-electron chi connectivity index (χ1n) is 4.05. The van der Waals surface area contributed by atoms with Gasteiger partial charge in [0, 0.05) is 0 Å². The summed E-state index contributed by atoms with van der Waals surface area (Å²) in [5.41, 5.74) is 2.65. The van der Waals surface area contributed by atoms with Gasteiger partial charge in [-0.3, -0.25) is 0 Å². The zero-order chi connectivity index (χ0) is 9.68. The Morgan fingerprint density at radius 2 is 2.23 bits per heavy atom. The van der Waals surface area contributed by atoms with Crippen LogP contribution in [0.4, 0.5) is 0 Å². The molecule has 1 aromatic rings. The highest BCUT2D eigenvalue weighted by atomic mass is 16.2. The second-order valence-corrected chi connectivity index (χ2v) is 2.83. The van der Waals surface area contributed by atoms with Gasteiger partial charge in [0.05, 0.1) is 18.2 Å².